The predicted molar refractivity (Wildman–Crippen MR) is 94.5 cm³/mol. The van der Waals surface area contributed by atoms with Gasteiger partial charge < -0.3 is 5.32 Å². The summed E-state index contributed by atoms with van der Waals surface area (Å²) in [6.07, 6.45) is 0. The monoisotopic (exact) mass is 373 g/mol. The molecule has 3 rings (SSSR count). The van der Waals surface area contributed by atoms with Crippen LogP contribution in [-0.4, -0.2) is 12.5 Å². The molecular weight excluding hydrogens is 354 g/mol. The lowest BCUT2D eigenvalue weighted by molar-refractivity contribution is -0.125. The number of hydrogen-bond donors (Lipinski definition) is 3. The van der Waals surface area contributed by atoms with Gasteiger partial charge in [-0.2, -0.15) is 0 Å². The zero-order valence-corrected chi connectivity index (χ0v) is 14.6. The van der Waals surface area contributed by atoms with Gasteiger partial charge in [-0.15, -0.1) is 0 Å². The molecule has 0 bridgehead atoms. The maximum absolute atomic E-state index is 12.5. The summed E-state index contributed by atoms with van der Waals surface area (Å²) in [5.74, 6) is -0.0517. The molecule has 3 N–H and O–H groups in total. The third kappa shape index (κ3) is 3.99. The van der Waals surface area contributed by atoms with E-state index in [9.17, 15) is 4.79 Å². The molecule has 5 heteroatoms. The van der Waals surface area contributed by atoms with E-state index in [-0.39, 0.29) is 17.9 Å². The Bertz CT molecular complexity index is 670. The van der Waals surface area contributed by atoms with Crippen molar-refractivity contribution in [3.05, 3.63) is 69.7 Å². The summed E-state index contributed by atoms with van der Waals surface area (Å²) in [6, 6.07) is 16.3. The molecule has 1 heterocycles. The second kappa shape index (κ2) is 7.25. The Morgan fingerprint density at radius 3 is 2.57 bits per heavy atom. The molecule has 0 aliphatic carbocycles. The molecule has 4 nitrogen and oxygen atoms in total. The van der Waals surface area contributed by atoms with Gasteiger partial charge in [-0.1, -0.05) is 57.9 Å². The largest absolute Gasteiger partial charge is 0.352 e. The van der Waals surface area contributed by atoms with Crippen molar-refractivity contribution < 1.29 is 4.79 Å². The average Bonchev–Trinajstić information content (AvgIpc) is 3.04. The highest BCUT2D eigenvalue weighted by molar-refractivity contribution is 9.10. The SMILES string of the molecule is Cc1ccc(C2NNCC2C(=O)NCc2ccc(Br)cc2)cc1. The third-order valence-electron chi connectivity index (χ3n) is 4.14. The molecular formula is C18H20BrN3O. The van der Waals surface area contributed by atoms with Crippen molar-refractivity contribution in [1.82, 2.24) is 16.2 Å². The maximum Gasteiger partial charge on any atom is 0.226 e. The van der Waals surface area contributed by atoms with Crippen LogP contribution in [0.5, 0.6) is 0 Å². The normalized spacial score (nSPS) is 20.4. The fraction of sp³-hybridized carbons (Fsp3) is 0.278. The first kappa shape index (κ1) is 16.2. The molecule has 0 saturated carbocycles. The zero-order chi connectivity index (χ0) is 16.2. The molecule has 0 spiro atoms. The van der Waals surface area contributed by atoms with E-state index >= 15 is 0 Å². The summed E-state index contributed by atoms with van der Waals surface area (Å²) >= 11 is 3.41. The van der Waals surface area contributed by atoms with Crippen molar-refractivity contribution in [2.24, 2.45) is 5.92 Å². The van der Waals surface area contributed by atoms with E-state index in [2.05, 4.69) is 63.3 Å². The highest BCUT2D eigenvalue weighted by atomic mass is 79.9. The van der Waals surface area contributed by atoms with Crippen LogP contribution < -0.4 is 16.2 Å². The summed E-state index contributed by atoms with van der Waals surface area (Å²) in [5.41, 5.74) is 9.75. The maximum atomic E-state index is 12.5. The lowest BCUT2D eigenvalue weighted by atomic mass is 9.93. The van der Waals surface area contributed by atoms with Crippen molar-refractivity contribution in [1.29, 1.82) is 0 Å². The summed E-state index contributed by atoms with van der Waals surface area (Å²) < 4.78 is 1.04. The summed E-state index contributed by atoms with van der Waals surface area (Å²) in [7, 11) is 0. The number of hydrogen-bond acceptors (Lipinski definition) is 3. The Labute approximate surface area is 144 Å². The fourth-order valence-electron chi connectivity index (χ4n) is 2.75. The molecule has 2 aromatic carbocycles. The van der Waals surface area contributed by atoms with Gasteiger partial charge in [-0.25, -0.2) is 5.43 Å². The van der Waals surface area contributed by atoms with Gasteiger partial charge in [0.05, 0.1) is 12.0 Å². The van der Waals surface area contributed by atoms with E-state index in [1.54, 1.807) is 0 Å². The van der Waals surface area contributed by atoms with Gasteiger partial charge in [0.2, 0.25) is 5.91 Å². The van der Waals surface area contributed by atoms with Crippen molar-refractivity contribution in [3.63, 3.8) is 0 Å². The topological polar surface area (TPSA) is 53.2 Å². The second-order valence-electron chi connectivity index (χ2n) is 5.86. The van der Waals surface area contributed by atoms with Crippen LogP contribution in [0.25, 0.3) is 0 Å². The van der Waals surface area contributed by atoms with E-state index in [4.69, 9.17) is 0 Å². The van der Waals surface area contributed by atoms with Crippen LogP contribution in [0.2, 0.25) is 0 Å². The van der Waals surface area contributed by atoms with E-state index in [0.717, 1.165) is 15.6 Å². The fourth-order valence-corrected chi connectivity index (χ4v) is 3.02. The molecule has 2 aromatic rings. The Kier molecular flexibility index (Phi) is 5.10. The summed E-state index contributed by atoms with van der Waals surface area (Å²) in [4.78, 5) is 12.5. The molecule has 1 fully saturated rings. The quantitative estimate of drug-likeness (QED) is 0.772. The molecule has 1 amide bonds. The van der Waals surface area contributed by atoms with Gasteiger partial charge in [-0.3, -0.25) is 10.2 Å². The minimum Gasteiger partial charge on any atom is -0.352 e. The highest BCUT2D eigenvalue weighted by Gasteiger charge is 2.33. The Hall–Kier alpha value is -1.69. The van der Waals surface area contributed by atoms with Crippen LogP contribution in [0, 0.1) is 12.8 Å². The van der Waals surface area contributed by atoms with Gasteiger partial charge >= 0.3 is 0 Å². The standard InChI is InChI=1S/C18H20BrN3O/c1-12-2-6-14(7-3-12)17-16(11-21-22-17)18(23)20-10-13-4-8-15(19)9-5-13/h2-9,16-17,21-22H,10-11H2,1H3,(H,20,23). The van der Waals surface area contributed by atoms with E-state index in [1.165, 1.54) is 5.56 Å². The first-order valence-corrected chi connectivity index (χ1v) is 8.50. The van der Waals surface area contributed by atoms with Gasteiger partial charge in [0.15, 0.2) is 0 Å². The molecule has 0 aromatic heterocycles. The average molecular weight is 374 g/mol. The van der Waals surface area contributed by atoms with Crippen molar-refractivity contribution in [2.75, 3.05) is 6.54 Å². The zero-order valence-electron chi connectivity index (χ0n) is 13.0. The van der Waals surface area contributed by atoms with E-state index in [1.807, 2.05) is 24.3 Å². The number of rotatable bonds is 4. The van der Waals surface area contributed by atoms with E-state index in [0.29, 0.717) is 13.1 Å². The molecule has 2 atom stereocenters. The Morgan fingerprint density at radius 1 is 1.17 bits per heavy atom. The summed E-state index contributed by atoms with van der Waals surface area (Å²) in [5, 5.41) is 3.04. The van der Waals surface area contributed by atoms with Gasteiger partial charge in [-0.05, 0) is 30.2 Å². The Morgan fingerprint density at radius 2 is 1.87 bits per heavy atom. The number of halogens is 1. The summed E-state index contributed by atoms with van der Waals surface area (Å²) in [6.45, 7) is 3.24. The number of carbonyl (C=O) groups excluding carboxylic acids is 1. The number of benzene rings is 2. The minimum atomic E-state index is -0.117. The molecule has 23 heavy (non-hydrogen) atoms. The van der Waals surface area contributed by atoms with Crippen LogP contribution in [0.15, 0.2) is 53.0 Å². The number of aryl methyl sites for hydroxylation is 1. The van der Waals surface area contributed by atoms with Crippen molar-refractivity contribution in [2.45, 2.75) is 19.5 Å². The Balaban J connectivity index is 1.63. The highest BCUT2D eigenvalue weighted by Crippen LogP contribution is 2.25. The first-order chi connectivity index (χ1) is 11.1. The number of amides is 1. The molecule has 2 unspecified atom stereocenters. The molecule has 0 radical (unpaired) electrons. The lowest BCUT2D eigenvalue weighted by Gasteiger charge is -2.18. The van der Waals surface area contributed by atoms with Crippen LogP contribution in [0.1, 0.15) is 22.7 Å². The smallest absolute Gasteiger partial charge is 0.226 e. The van der Waals surface area contributed by atoms with Crippen LogP contribution in [0.4, 0.5) is 0 Å². The van der Waals surface area contributed by atoms with Crippen LogP contribution in [-0.2, 0) is 11.3 Å². The molecule has 120 valence electrons. The second-order valence-corrected chi connectivity index (χ2v) is 6.78. The molecule has 1 aliphatic heterocycles. The third-order valence-corrected chi connectivity index (χ3v) is 4.66. The lowest BCUT2D eigenvalue weighted by Crippen LogP contribution is -2.34. The number of hydrazine groups is 1. The minimum absolute atomic E-state index is 0.000479. The van der Waals surface area contributed by atoms with Crippen LogP contribution >= 0.6 is 15.9 Å². The van der Waals surface area contributed by atoms with Gasteiger partial charge in [0, 0.05) is 17.6 Å². The first-order valence-electron chi connectivity index (χ1n) is 7.70. The van der Waals surface area contributed by atoms with Gasteiger partial charge in [0.1, 0.15) is 0 Å². The molecule has 1 saturated heterocycles. The number of nitrogens with one attached hydrogen (secondary N) is 3. The number of carbonyl (C=O) groups is 1. The van der Waals surface area contributed by atoms with E-state index < -0.39 is 0 Å². The van der Waals surface area contributed by atoms with Crippen molar-refractivity contribution in [3.8, 4) is 0 Å². The predicted octanol–water partition coefficient (Wildman–Crippen LogP) is 2.84. The van der Waals surface area contributed by atoms with Crippen LogP contribution in [0.3, 0.4) is 0 Å². The van der Waals surface area contributed by atoms with Crippen molar-refractivity contribution >= 4 is 21.8 Å². The molecule has 1 aliphatic rings. The van der Waals surface area contributed by atoms with Gasteiger partial charge in [0.25, 0.3) is 0 Å².